The van der Waals surface area contributed by atoms with Crippen molar-refractivity contribution in [2.24, 2.45) is 0 Å². The molecule has 1 aliphatic rings. The molecule has 14 heteroatoms. The van der Waals surface area contributed by atoms with Gasteiger partial charge in [0.1, 0.15) is 0 Å². The van der Waals surface area contributed by atoms with Crippen LogP contribution in [-0.4, -0.2) is 66.3 Å². The zero-order valence-corrected chi connectivity index (χ0v) is 18.9. The molecule has 0 bridgehead atoms. The molecule has 0 radical (unpaired) electrons. The number of aliphatic carboxylic acids is 1. The van der Waals surface area contributed by atoms with E-state index < -0.39 is 66.3 Å². The number of carboxylic acid groups (broad SMARTS) is 1. The molecule has 22 heavy (non-hydrogen) atoms. The van der Waals surface area contributed by atoms with Gasteiger partial charge in [0.15, 0.2) is 0 Å². The van der Waals surface area contributed by atoms with E-state index in [0.29, 0.717) is 0 Å². The van der Waals surface area contributed by atoms with Gasteiger partial charge < -0.3 is 0 Å². The third-order valence-corrected chi connectivity index (χ3v) is 7.38. The van der Waals surface area contributed by atoms with Crippen LogP contribution in [0.3, 0.4) is 0 Å². The van der Waals surface area contributed by atoms with Crippen molar-refractivity contribution in [3.8, 4) is 0 Å². The Kier molecular flexibility index (Phi) is 10.7. The van der Waals surface area contributed by atoms with Crippen molar-refractivity contribution in [1.82, 2.24) is 0 Å². The minimum atomic E-state index is -3.98. The van der Waals surface area contributed by atoms with Crippen LogP contribution >= 0.6 is 50.5 Å². The molecule has 4 unspecified atom stereocenters. The van der Waals surface area contributed by atoms with Crippen LogP contribution in [0, 0.1) is 0 Å². The van der Waals surface area contributed by atoms with E-state index in [1.807, 2.05) is 0 Å². The average Bonchev–Trinajstić information content (AvgIpc) is 2.50. The maximum atomic E-state index is 11.6. The molecular formula is C8H8NaO8S4Sb. The van der Waals surface area contributed by atoms with Gasteiger partial charge in [-0.3, -0.25) is 0 Å². The maximum Gasteiger partial charge on any atom is 1.00 e. The smallest absolute Gasteiger partial charge is 1.00 e. The van der Waals surface area contributed by atoms with E-state index in [-0.39, 0.29) is 29.6 Å². The van der Waals surface area contributed by atoms with Gasteiger partial charge >= 0.3 is 180 Å². The van der Waals surface area contributed by atoms with Crippen molar-refractivity contribution in [3.05, 3.63) is 0 Å². The first-order valence-corrected chi connectivity index (χ1v) is 10.2. The summed E-state index contributed by atoms with van der Waals surface area (Å²) in [6.07, 6.45) is 0. The van der Waals surface area contributed by atoms with Crippen LogP contribution in [-0.2, 0) is 28.2 Å². The molecule has 4 atom stereocenters. The minimum Gasteiger partial charge on any atom is 1.00 e. The van der Waals surface area contributed by atoms with E-state index in [1.54, 1.807) is 0 Å². The van der Waals surface area contributed by atoms with Crippen LogP contribution in [0.15, 0.2) is 0 Å². The number of thiol groups is 4. The van der Waals surface area contributed by atoms with Crippen LogP contribution in [0.4, 0.5) is 0 Å². The fourth-order valence-electron chi connectivity index (χ4n) is 0.954. The topological polar surface area (TPSA) is 119 Å². The first-order chi connectivity index (χ1) is 9.65. The molecule has 0 saturated carbocycles. The van der Waals surface area contributed by atoms with Crippen molar-refractivity contribution in [2.45, 2.75) is 21.0 Å². The molecule has 1 fully saturated rings. The van der Waals surface area contributed by atoms with Gasteiger partial charge in [-0.2, -0.15) is 0 Å². The molecule has 8 nitrogen and oxygen atoms in total. The summed E-state index contributed by atoms with van der Waals surface area (Å²) in [5.41, 5.74) is 0. The fraction of sp³-hybridized carbons (Fsp3) is 0.500. The van der Waals surface area contributed by atoms with Crippen LogP contribution in [0.1, 0.15) is 0 Å². The molecule has 0 N–H and O–H groups in total. The quantitative estimate of drug-likeness (QED) is 0.221. The van der Waals surface area contributed by atoms with Crippen LogP contribution in [0.25, 0.3) is 0 Å². The Morgan fingerprint density at radius 3 is 1.86 bits per heavy atom. The summed E-state index contributed by atoms with van der Waals surface area (Å²) in [5, 5.41) is 5.20. The van der Waals surface area contributed by atoms with Gasteiger partial charge in [-0.1, -0.05) is 0 Å². The summed E-state index contributed by atoms with van der Waals surface area (Å²) in [4.78, 5) is 45.2. The SMILES string of the molecule is O=C([O-])C(S)C(S)C(=O)[O][Sb]1[O]C(=O)C(S)C(S)C(=O)[O]1.[Na+]. The molecule has 1 heterocycles. The second-order valence-corrected chi connectivity index (χ2v) is 8.62. The maximum absolute atomic E-state index is 11.6. The third-order valence-electron chi connectivity index (χ3n) is 2.06. The number of carboxylic acids is 1. The van der Waals surface area contributed by atoms with Crippen molar-refractivity contribution >= 4 is 95.9 Å². The van der Waals surface area contributed by atoms with Crippen molar-refractivity contribution in [2.75, 3.05) is 0 Å². The third kappa shape index (κ3) is 6.19. The Balaban J connectivity index is 0.00000441. The minimum absolute atomic E-state index is 0. The van der Waals surface area contributed by atoms with Gasteiger partial charge in [-0.15, -0.1) is 0 Å². The first-order valence-electron chi connectivity index (χ1n) is 5.03. The normalized spacial score (nSPS) is 24.9. The van der Waals surface area contributed by atoms with Crippen molar-refractivity contribution in [3.63, 3.8) is 0 Å². The second-order valence-electron chi connectivity index (χ2n) is 3.55. The number of hydrogen-bond acceptors (Lipinski definition) is 12. The van der Waals surface area contributed by atoms with E-state index in [1.165, 1.54) is 0 Å². The zero-order valence-electron chi connectivity index (χ0n) is 10.8. The largest absolute Gasteiger partial charge is 1.00 e. The number of hydrogen-bond donors (Lipinski definition) is 4. The number of carbonyl (C=O) groups is 4. The monoisotopic (exact) mass is 504 g/mol. The molecule has 1 aliphatic heterocycles. The molecule has 0 spiro atoms. The predicted molar refractivity (Wildman–Crippen MR) is 80.1 cm³/mol. The predicted octanol–water partition coefficient (Wildman–Crippen LogP) is -5.44. The summed E-state index contributed by atoms with van der Waals surface area (Å²) in [7, 11) is 0. The Morgan fingerprint density at radius 1 is 1.09 bits per heavy atom. The fourth-order valence-corrected chi connectivity index (χ4v) is 4.89. The molecule has 1 saturated heterocycles. The van der Waals surface area contributed by atoms with Gasteiger partial charge in [-0.05, 0) is 0 Å². The van der Waals surface area contributed by atoms with Gasteiger partial charge in [-0.25, -0.2) is 0 Å². The van der Waals surface area contributed by atoms with E-state index in [2.05, 4.69) is 50.5 Å². The Labute approximate surface area is 177 Å². The number of carbonyl (C=O) groups excluding carboxylic acids is 4. The van der Waals surface area contributed by atoms with E-state index >= 15 is 0 Å². The zero-order chi connectivity index (χ0) is 16.3. The standard InChI is InChI=1S/2C4H6O4S2.Na.Sb/c2*5-3(6)1(9)2(10)4(7)8;;/h2*1-2,9-10H,(H,5,6)(H,7,8);;/q;;+1;+3/p-4. The summed E-state index contributed by atoms with van der Waals surface area (Å²) < 4.78 is 14.2. The molecule has 0 aliphatic carbocycles. The molecule has 1 rings (SSSR count). The Hall–Kier alpha value is 1.10. The number of rotatable bonds is 4. The summed E-state index contributed by atoms with van der Waals surface area (Å²) in [5.74, 6) is -4.63. The van der Waals surface area contributed by atoms with E-state index in [4.69, 9.17) is 9.05 Å². The molecule has 0 aromatic carbocycles. The van der Waals surface area contributed by atoms with Crippen molar-refractivity contribution in [1.29, 1.82) is 0 Å². The van der Waals surface area contributed by atoms with Gasteiger partial charge in [0.25, 0.3) is 0 Å². The summed E-state index contributed by atoms with van der Waals surface area (Å²) >= 11 is 11.0. The molecule has 118 valence electrons. The summed E-state index contributed by atoms with van der Waals surface area (Å²) in [6.45, 7) is 0. The Bertz CT molecular complexity index is 457. The van der Waals surface area contributed by atoms with Crippen LogP contribution < -0.4 is 34.7 Å². The van der Waals surface area contributed by atoms with Crippen molar-refractivity contribution < 1.29 is 62.9 Å². The van der Waals surface area contributed by atoms with Crippen LogP contribution in [0.2, 0.25) is 0 Å². The van der Waals surface area contributed by atoms with E-state index in [0.717, 1.165) is 0 Å². The molecule has 0 amide bonds. The average molecular weight is 505 g/mol. The summed E-state index contributed by atoms with van der Waals surface area (Å²) in [6, 6.07) is 0. The molecular weight excluding hydrogens is 497 g/mol. The van der Waals surface area contributed by atoms with E-state index in [9.17, 15) is 24.3 Å². The van der Waals surface area contributed by atoms with Gasteiger partial charge in [0, 0.05) is 0 Å². The molecule has 0 aromatic heterocycles. The van der Waals surface area contributed by atoms with Gasteiger partial charge in [0.05, 0.1) is 0 Å². The van der Waals surface area contributed by atoms with Gasteiger partial charge in [0.2, 0.25) is 0 Å². The first kappa shape index (κ1) is 23.1. The Morgan fingerprint density at radius 2 is 1.50 bits per heavy atom. The van der Waals surface area contributed by atoms with Crippen LogP contribution in [0.5, 0.6) is 0 Å². The molecule has 0 aromatic rings. The second kappa shape index (κ2) is 10.2.